The van der Waals surface area contributed by atoms with Crippen LogP contribution in [-0.2, 0) is 4.74 Å². The van der Waals surface area contributed by atoms with Crippen LogP contribution in [0.3, 0.4) is 0 Å². The average molecular weight is 273 g/mol. The number of benzene rings is 1. The Balaban J connectivity index is 2.14. The van der Waals surface area contributed by atoms with E-state index in [2.05, 4.69) is 5.32 Å². The summed E-state index contributed by atoms with van der Waals surface area (Å²) in [7, 11) is 1.51. The maximum Gasteiger partial charge on any atom is 0.123 e. The monoisotopic (exact) mass is 273 g/mol. The molecule has 1 aromatic carbocycles. The van der Waals surface area contributed by atoms with Crippen molar-refractivity contribution in [1.82, 2.24) is 5.32 Å². The van der Waals surface area contributed by atoms with E-state index in [1.165, 1.54) is 31.4 Å². The molecule has 1 aromatic rings. The van der Waals surface area contributed by atoms with Gasteiger partial charge in [-0.25, -0.2) is 4.39 Å². The van der Waals surface area contributed by atoms with E-state index in [-0.39, 0.29) is 19.0 Å². The van der Waals surface area contributed by atoms with Gasteiger partial charge < -0.3 is 25.0 Å². The van der Waals surface area contributed by atoms with Crippen LogP contribution in [0.25, 0.3) is 0 Å². The third-order valence-corrected chi connectivity index (χ3v) is 2.38. The molecule has 0 aromatic heterocycles. The van der Waals surface area contributed by atoms with Gasteiger partial charge in [0.2, 0.25) is 0 Å². The summed E-state index contributed by atoms with van der Waals surface area (Å²) >= 11 is 0. The molecular formula is C13H20FNO4. The van der Waals surface area contributed by atoms with Crippen LogP contribution < -0.4 is 10.1 Å². The lowest BCUT2D eigenvalue weighted by molar-refractivity contribution is 0.0582. The SMILES string of the molecule is COCC(O)CNCC(O)COc1ccc(F)cc1. The standard InChI is InChI=1S/C13H20FNO4/c1-18-8-11(16)6-15-7-12(17)9-19-13-4-2-10(14)3-5-13/h2-5,11-12,15-17H,6-9H2,1H3. The van der Waals surface area contributed by atoms with Crippen LogP contribution >= 0.6 is 0 Å². The van der Waals surface area contributed by atoms with Crippen molar-refractivity contribution in [3.8, 4) is 5.75 Å². The molecule has 0 aliphatic rings. The fourth-order valence-corrected chi connectivity index (χ4v) is 1.45. The number of aliphatic hydroxyl groups is 2. The number of aliphatic hydroxyl groups excluding tert-OH is 2. The normalized spacial score (nSPS) is 14.1. The van der Waals surface area contributed by atoms with Crippen molar-refractivity contribution >= 4 is 0 Å². The highest BCUT2D eigenvalue weighted by Gasteiger charge is 2.07. The Labute approximate surface area is 112 Å². The van der Waals surface area contributed by atoms with Gasteiger partial charge in [-0.15, -0.1) is 0 Å². The van der Waals surface area contributed by atoms with E-state index in [0.717, 1.165) is 0 Å². The largest absolute Gasteiger partial charge is 0.491 e. The number of halogens is 1. The fraction of sp³-hybridized carbons (Fsp3) is 0.538. The van der Waals surface area contributed by atoms with Crippen molar-refractivity contribution in [2.24, 2.45) is 0 Å². The second-order valence-corrected chi connectivity index (χ2v) is 4.19. The molecule has 0 heterocycles. The van der Waals surface area contributed by atoms with Crippen molar-refractivity contribution in [3.63, 3.8) is 0 Å². The molecule has 2 unspecified atom stereocenters. The summed E-state index contributed by atoms with van der Waals surface area (Å²) in [5, 5.41) is 21.9. The minimum atomic E-state index is -0.709. The minimum Gasteiger partial charge on any atom is -0.491 e. The first-order chi connectivity index (χ1) is 9.11. The van der Waals surface area contributed by atoms with E-state index < -0.39 is 12.2 Å². The summed E-state index contributed by atoms with van der Waals surface area (Å²) in [6, 6.07) is 5.58. The van der Waals surface area contributed by atoms with E-state index in [1.807, 2.05) is 0 Å². The van der Waals surface area contributed by atoms with Crippen LogP contribution in [0.4, 0.5) is 4.39 Å². The molecule has 0 aliphatic heterocycles. The zero-order chi connectivity index (χ0) is 14.1. The van der Waals surface area contributed by atoms with Crippen molar-refractivity contribution in [3.05, 3.63) is 30.1 Å². The Morgan fingerprint density at radius 1 is 1.11 bits per heavy atom. The highest BCUT2D eigenvalue weighted by molar-refractivity contribution is 5.22. The Bertz CT molecular complexity index is 347. The Morgan fingerprint density at radius 2 is 1.68 bits per heavy atom. The molecule has 0 spiro atoms. The zero-order valence-electron chi connectivity index (χ0n) is 10.9. The van der Waals surface area contributed by atoms with Crippen LogP contribution in [0, 0.1) is 5.82 Å². The van der Waals surface area contributed by atoms with Crippen molar-refractivity contribution in [2.45, 2.75) is 12.2 Å². The molecule has 0 fully saturated rings. The Kier molecular flexibility index (Phi) is 7.35. The van der Waals surface area contributed by atoms with Gasteiger partial charge in [0.1, 0.15) is 24.3 Å². The molecule has 0 saturated heterocycles. The molecule has 19 heavy (non-hydrogen) atoms. The molecule has 0 bridgehead atoms. The second-order valence-electron chi connectivity index (χ2n) is 4.19. The van der Waals surface area contributed by atoms with E-state index in [4.69, 9.17) is 9.47 Å². The summed E-state index contributed by atoms with van der Waals surface area (Å²) in [5.74, 6) is 0.168. The van der Waals surface area contributed by atoms with Gasteiger partial charge in [-0.05, 0) is 24.3 Å². The maximum atomic E-state index is 12.6. The van der Waals surface area contributed by atoms with Crippen LogP contribution in [-0.4, -0.2) is 55.8 Å². The molecule has 108 valence electrons. The maximum absolute atomic E-state index is 12.6. The lowest BCUT2D eigenvalue weighted by Crippen LogP contribution is -2.37. The molecule has 1 rings (SSSR count). The van der Waals surface area contributed by atoms with Crippen LogP contribution in [0.15, 0.2) is 24.3 Å². The highest BCUT2D eigenvalue weighted by Crippen LogP contribution is 2.11. The third-order valence-electron chi connectivity index (χ3n) is 2.38. The molecule has 5 nitrogen and oxygen atoms in total. The topological polar surface area (TPSA) is 71.0 Å². The number of hydrogen-bond acceptors (Lipinski definition) is 5. The van der Waals surface area contributed by atoms with Gasteiger partial charge >= 0.3 is 0 Å². The Morgan fingerprint density at radius 3 is 2.26 bits per heavy atom. The van der Waals surface area contributed by atoms with Crippen LogP contribution in [0.5, 0.6) is 5.75 Å². The second kappa shape index (κ2) is 8.82. The summed E-state index contributed by atoms with van der Waals surface area (Å²) in [6.45, 7) is 0.970. The molecular weight excluding hydrogens is 253 g/mol. The van der Waals surface area contributed by atoms with Gasteiger partial charge in [-0.3, -0.25) is 0 Å². The van der Waals surface area contributed by atoms with E-state index in [9.17, 15) is 14.6 Å². The number of hydrogen-bond donors (Lipinski definition) is 3. The van der Waals surface area contributed by atoms with Crippen LogP contribution in [0.2, 0.25) is 0 Å². The number of nitrogens with one attached hydrogen (secondary N) is 1. The predicted molar refractivity (Wildman–Crippen MR) is 68.7 cm³/mol. The average Bonchev–Trinajstić information content (AvgIpc) is 2.38. The quantitative estimate of drug-likeness (QED) is 0.598. The summed E-state index contributed by atoms with van der Waals surface area (Å²) < 4.78 is 22.7. The predicted octanol–water partition coefficient (Wildman–Crippen LogP) is 0.162. The van der Waals surface area contributed by atoms with Gasteiger partial charge in [-0.2, -0.15) is 0 Å². The molecule has 0 radical (unpaired) electrons. The zero-order valence-corrected chi connectivity index (χ0v) is 10.9. The van der Waals surface area contributed by atoms with Gasteiger partial charge in [-0.1, -0.05) is 0 Å². The van der Waals surface area contributed by atoms with Crippen molar-refractivity contribution in [2.75, 3.05) is 33.4 Å². The molecule has 0 aliphatic carbocycles. The molecule has 3 N–H and O–H groups in total. The van der Waals surface area contributed by atoms with E-state index in [0.29, 0.717) is 18.8 Å². The molecule has 2 atom stereocenters. The smallest absolute Gasteiger partial charge is 0.123 e. The summed E-state index contributed by atoms with van der Waals surface area (Å²) in [6.07, 6.45) is -1.31. The fourth-order valence-electron chi connectivity index (χ4n) is 1.45. The first kappa shape index (κ1) is 15.8. The highest BCUT2D eigenvalue weighted by atomic mass is 19.1. The summed E-state index contributed by atoms with van der Waals surface area (Å²) in [4.78, 5) is 0. The summed E-state index contributed by atoms with van der Waals surface area (Å²) in [5.41, 5.74) is 0. The molecule has 0 saturated carbocycles. The Hall–Kier alpha value is -1.21. The first-order valence-corrected chi connectivity index (χ1v) is 6.06. The minimum absolute atomic E-state index is 0.0962. The lowest BCUT2D eigenvalue weighted by atomic mass is 10.3. The number of ether oxygens (including phenoxy) is 2. The van der Waals surface area contributed by atoms with Gasteiger partial charge in [0.05, 0.1) is 12.7 Å². The van der Waals surface area contributed by atoms with E-state index in [1.54, 1.807) is 0 Å². The first-order valence-electron chi connectivity index (χ1n) is 6.06. The van der Waals surface area contributed by atoms with Crippen molar-refractivity contribution < 1.29 is 24.1 Å². The van der Waals surface area contributed by atoms with Gasteiger partial charge in [0, 0.05) is 20.2 Å². The molecule has 6 heteroatoms. The lowest BCUT2D eigenvalue weighted by Gasteiger charge is -2.15. The third kappa shape index (κ3) is 7.07. The number of methoxy groups -OCH3 is 1. The van der Waals surface area contributed by atoms with Gasteiger partial charge in [0.25, 0.3) is 0 Å². The molecule has 0 amide bonds. The van der Waals surface area contributed by atoms with Crippen molar-refractivity contribution in [1.29, 1.82) is 0 Å². The van der Waals surface area contributed by atoms with Crippen LogP contribution in [0.1, 0.15) is 0 Å². The van der Waals surface area contributed by atoms with Gasteiger partial charge in [0.15, 0.2) is 0 Å². The van der Waals surface area contributed by atoms with E-state index >= 15 is 0 Å². The number of rotatable bonds is 9.